The van der Waals surface area contributed by atoms with Crippen LogP contribution in [0.5, 0.6) is 23.0 Å². The highest BCUT2D eigenvalue weighted by molar-refractivity contribution is 9.10. The SMILES string of the molecule is COc1ccc2c(c1O)C(Cc1ccc(OC)c(OC)c1Br)N(C)CC2OC(C)=O. The molecule has 0 bridgehead atoms. The van der Waals surface area contributed by atoms with Gasteiger partial charge in [0.15, 0.2) is 23.0 Å². The minimum absolute atomic E-state index is 0.0558. The average molecular weight is 480 g/mol. The Labute approximate surface area is 184 Å². The third-order valence-corrected chi connectivity index (χ3v) is 6.26. The normalized spacial score (nSPS) is 18.5. The molecule has 0 aliphatic carbocycles. The summed E-state index contributed by atoms with van der Waals surface area (Å²) in [5.74, 6) is 1.31. The van der Waals surface area contributed by atoms with Crippen LogP contribution in [0.4, 0.5) is 0 Å². The summed E-state index contributed by atoms with van der Waals surface area (Å²) in [7, 11) is 6.64. The second kappa shape index (κ2) is 9.14. The number of esters is 1. The first kappa shape index (κ1) is 22.2. The van der Waals surface area contributed by atoms with Crippen molar-refractivity contribution >= 4 is 21.9 Å². The lowest BCUT2D eigenvalue weighted by molar-refractivity contribution is -0.148. The standard InChI is InChI=1S/C22H26BrNO6/c1-12(25)30-18-11-24(2)15(19-14(18)7-9-16(27-3)21(19)26)10-13-6-8-17(28-4)22(29-5)20(13)23/h6-9,15,18,26H,10-11H2,1-5H3. The van der Waals surface area contributed by atoms with Gasteiger partial charge in [-0.05, 0) is 47.1 Å². The Morgan fingerprint density at radius 3 is 2.40 bits per heavy atom. The van der Waals surface area contributed by atoms with E-state index in [-0.39, 0.29) is 17.8 Å². The zero-order valence-electron chi connectivity index (χ0n) is 17.7. The van der Waals surface area contributed by atoms with E-state index in [1.54, 1.807) is 20.3 Å². The lowest BCUT2D eigenvalue weighted by Gasteiger charge is -2.39. The first-order valence-corrected chi connectivity index (χ1v) is 10.3. The van der Waals surface area contributed by atoms with Gasteiger partial charge < -0.3 is 24.1 Å². The molecule has 1 aliphatic heterocycles. The molecule has 0 saturated carbocycles. The highest BCUT2D eigenvalue weighted by Gasteiger charge is 2.36. The van der Waals surface area contributed by atoms with E-state index in [1.807, 2.05) is 25.2 Å². The summed E-state index contributed by atoms with van der Waals surface area (Å²) < 4.78 is 22.5. The number of rotatable bonds is 6. The Balaban J connectivity index is 2.09. The van der Waals surface area contributed by atoms with Gasteiger partial charge in [-0.1, -0.05) is 12.1 Å². The monoisotopic (exact) mass is 479 g/mol. The molecule has 8 heteroatoms. The number of methoxy groups -OCH3 is 3. The number of phenols is 1. The van der Waals surface area contributed by atoms with Crippen molar-refractivity contribution in [2.75, 3.05) is 34.9 Å². The van der Waals surface area contributed by atoms with E-state index < -0.39 is 6.10 Å². The Hall–Kier alpha value is -2.45. The maximum atomic E-state index is 11.6. The number of benzene rings is 2. The minimum atomic E-state index is -0.468. The zero-order chi connectivity index (χ0) is 22.0. The smallest absolute Gasteiger partial charge is 0.303 e. The summed E-state index contributed by atoms with van der Waals surface area (Å²) >= 11 is 3.63. The van der Waals surface area contributed by atoms with Crippen molar-refractivity contribution < 1.29 is 28.8 Å². The third-order valence-electron chi connectivity index (χ3n) is 5.39. The second-order valence-corrected chi connectivity index (χ2v) is 7.94. The molecule has 0 spiro atoms. The van der Waals surface area contributed by atoms with Gasteiger partial charge >= 0.3 is 5.97 Å². The number of likely N-dealkylation sites (N-methyl/N-ethyl adjacent to an activating group) is 1. The molecule has 2 atom stereocenters. The van der Waals surface area contributed by atoms with Crippen LogP contribution < -0.4 is 14.2 Å². The molecule has 7 nitrogen and oxygen atoms in total. The van der Waals surface area contributed by atoms with E-state index in [0.717, 1.165) is 15.6 Å². The van der Waals surface area contributed by atoms with Crippen LogP contribution in [0.2, 0.25) is 0 Å². The predicted octanol–water partition coefficient (Wildman–Crippen LogP) is 4.01. The van der Waals surface area contributed by atoms with Crippen molar-refractivity contribution in [2.24, 2.45) is 0 Å². The van der Waals surface area contributed by atoms with Gasteiger partial charge in [-0.3, -0.25) is 9.69 Å². The number of hydrogen-bond donors (Lipinski definition) is 1. The van der Waals surface area contributed by atoms with Crippen molar-refractivity contribution in [3.63, 3.8) is 0 Å². The van der Waals surface area contributed by atoms with Crippen LogP contribution in [0.1, 0.15) is 35.8 Å². The number of fused-ring (bicyclic) bond motifs is 1. The van der Waals surface area contributed by atoms with Crippen LogP contribution in [0.15, 0.2) is 28.7 Å². The molecule has 0 amide bonds. The van der Waals surface area contributed by atoms with E-state index >= 15 is 0 Å². The molecule has 2 unspecified atom stereocenters. The lowest BCUT2D eigenvalue weighted by Crippen LogP contribution is -2.37. The Kier molecular flexibility index (Phi) is 6.77. The van der Waals surface area contributed by atoms with Gasteiger partial charge in [0.2, 0.25) is 0 Å². The minimum Gasteiger partial charge on any atom is -0.504 e. The first-order valence-electron chi connectivity index (χ1n) is 9.48. The average Bonchev–Trinajstić information content (AvgIpc) is 2.71. The van der Waals surface area contributed by atoms with E-state index in [1.165, 1.54) is 14.0 Å². The molecule has 1 heterocycles. The third kappa shape index (κ3) is 4.06. The maximum absolute atomic E-state index is 11.6. The summed E-state index contributed by atoms with van der Waals surface area (Å²) in [5.41, 5.74) is 2.46. The molecule has 1 N–H and O–H groups in total. The van der Waals surface area contributed by atoms with Crippen LogP contribution in [0.3, 0.4) is 0 Å². The molecule has 30 heavy (non-hydrogen) atoms. The molecule has 0 saturated heterocycles. The fraction of sp³-hybridized carbons (Fsp3) is 0.409. The van der Waals surface area contributed by atoms with Crippen molar-refractivity contribution in [1.82, 2.24) is 4.90 Å². The van der Waals surface area contributed by atoms with Crippen LogP contribution in [0.25, 0.3) is 0 Å². The lowest BCUT2D eigenvalue weighted by atomic mass is 9.86. The number of carbonyl (C=O) groups excluding carboxylic acids is 1. The topological polar surface area (TPSA) is 77.5 Å². The molecule has 1 aliphatic rings. The highest BCUT2D eigenvalue weighted by Crippen LogP contribution is 2.47. The van der Waals surface area contributed by atoms with Gasteiger partial charge in [0.25, 0.3) is 0 Å². The first-order chi connectivity index (χ1) is 14.3. The van der Waals surface area contributed by atoms with Crippen molar-refractivity contribution in [1.29, 1.82) is 0 Å². The van der Waals surface area contributed by atoms with E-state index in [9.17, 15) is 9.90 Å². The van der Waals surface area contributed by atoms with Gasteiger partial charge in [0.1, 0.15) is 6.10 Å². The quantitative estimate of drug-likeness (QED) is 0.626. The second-order valence-electron chi connectivity index (χ2n) is 7.15. The van der Waals surface area contributed by atoms with Crippen molar-refractivity contribution in [3.8, 4) is 23.0 Å². The number of hydrogen-bond acceptors (Lipinski definition) is 7. The van der Waals surface area contributed by atoms with Crippen molar-refractivity contribution in [2.45, 2.75) is 25.5 Å². The number of phenolic OH excluding ortho intramolecular Hbond substituents is 1. The highest BCUT2D eigenvalue weighted by atomic mass is 79.9. The number of carbonyl (C=O) groups is 1. The molecular weight excluding hydrogens is 454 g/mol. The number of halogens is 1. The van der Waals surface area contributed by atoms with Gasteiger partial charge in [0.05, 0.1) is 25.8 Å². The fourth-order valence-corrected chi connectivity index (χ4v) is 4.61. The number of nitrogens with zero attached hydrogens (tertiary/aromatic N) is 1. The number of aromatic hydroxyl groups is 1. The van der Waals surface area contributed by atoms with Crippen LogP contribution in [-0.4, -0.2) is 50.9 Å². The molecule has 0 radical (unpaired) electrons. The van der Waals surface area contributed by atoms with Gasteiger partial charge in [0, 0.05) is 30.6 Å². The summed E-state index contributed by atoms with van der Waals surface area (Å²) in [5, 5.41) is 11.0. The van der Waals surface area contributed by atoms with Gasteiger partial charge in [-0.15, -0.1) is 0 Å². The molecule has 0 aromatic heterocycles. The molecule has 2 aromatic carbocycles. The van der Waals surface area contributed by atoms with Crippen LogP contribution in [0, 0.1) is 0 Å². The summed E-state index contributed by atoms with van der Waals surface area (Å²) in [4.78, 5) is 13.7. The summed E-state index contributed by atoms with van der Waals surface area (Å²) in [6.45, 7) is 1.89. The molecule has 3 rings (SSSR count). The van der Waals surface area contributed by atoms with Crippen LogP contribution in [-0.2, 0) is 16.0 Å². The summed E-state index contributed by atoms with van der Waals surface area (Å²) in [6.07, 6.45) is 0.113. The van der Waals surface area contributed by atoms with Gasteiger partial charge in [-0.25, -0.2) is 0 Å². The summed E-state index contributed by atoms with van der Waals surface area (Å²) in [6, 6.07) is 7.20. The Bertz CT molecular complexity index is 948. The zero-order valence-corrected chi connectivity index (χ0v) is 19.3. The molecular formula is C22H26BrNO6. The fourth-order valence-electron chi connectivity index (χ4n) is 3.96. The predicted molar refractivity (Wildman–Crippen MR) is 115 cm³/mol. The largest absolute Gasteiger partial charge is 0.504 e. The molecule has 0 fully saturated rings. The number of ether oxygens (including phenoxy) is 4. The Morgan fingerprint density at radius 1 is 1.13 bits per heavy atom. The van der Waals surface area contributed by atoms with Crippen molar-refractivity contribution in [3.05, 3.63) is 45.4 Å². The van der Waals surface area contributed by atoms with E-state index in [0.29, 0.717) is 35.8 Å². The van der Waals surface area contributed by atoms with E-state index in [2.05, 4.69) is 20.8 Å². The van der Waals surface area contributed by atoms with E-state index in [4.69, 9.17) is 18.9 Å². The van der Waals surface area contributed by atoms with Crippen LogP contribution >= 0.6 is 15.9 Å². The van der Waals surface area contributed by atoms with Gasteiger partial charge in [-0.2, -0.15) is 0 Å². The molecule has 162 valence electrons. The molecule has 2 aromatic rings. The Morgan fingerprint density at radius 2 is 1.80 bits per heavy atom. The maximum Gasteiger partial charge on any atom is 0.303 e.